The second kappa shape index (κ2) is 8.48. The van der Waals surface area contributed by atoms with E-state index < -0.39 is 23.9 Å². The van der Waals surface area contributed by atoms with Crippen LogP contribution in [0.2, 0.25) is 0 Å². The van der Waals surface area contributed by atoms with Gasteiger partial charge in [-0.1, -0.05) is 30.9 Å². The topological polar surface area (TPSA) is 104 Å². The van der Waals surface area contributed by atoms with Crippen LogP contribution in [0.3, 0.4) is 0 Å². The Hall–Kier alpha value is -0.160. The normalized spacial score (nSPS) is 26.5. The fourth-order valence-electron chi connectivity index (χ4n) is 3.06. The zero-order valence-corrected chi connectivity index (χ0v) is 17.7. The molecule has 2 aliphatic heterocycles. The molecule has 7 nitrogen and oxygen atoms in total. The van der Waals surface area contributed by atoms with Crippen LogP contribution in [0.1, 0.15) is 13.8 Å². The molecule has 0 aromatic heterocycles. The maximum absolute atomic E-state index is 12.2. The van der Waals surface area contributed by atoms with Gasteiger partial charge in [-0.2, -0.15) is 0 Å². The van der Waals surface area contributed by atoms with Crippen LogP contribution >= 0.6 is 24.0 Å². The number of thioether (sulfide) groups is 1. The number of carboxylic acid groups (broad SMARTS) is 1. The van der Waals surface area contributed by atoms with Crippen molar-refractivity contribution in [1.29, 1.82) is 0 Å². The molecule has 0 bridgehead atoms. The second-order valence-corrected chi connectivity index (χ2v) is 7.44. The third-order valence-corrected chi connectivity index (χ3v) is 6.08. The summed E-state index contributed by atoms with van der Waals surface area (Å²) in [6.07, 6.45) is -0.845. The summed E-state index contributed by atoms with van der Waals surface area (Å²) in [6, 6.07) is -0.385. The van der Waals surface area contributed by atoms with Gasteiger partial charge in [-0.15, -0.1) is 0 Å². The first-order valence-electron chi connectivity index (χ1n) is 7.22. The summed E-state index contributed by atoms with van der Waals surface area (Å²) < 4.78 is 0.406. The molecule has 128 valence electrons. The molecule has 24 heavy (non-hydrogen) atoms. The van der Waals surface area contributed by atoms with Crippen LogP contribution in [-0.4, -0.2) is 68.6 Å². The van der Waals surface area contributed by atoms with Crippen molar-refractivity contribution in [2.45, 2.75) is 26.0 Å². The molecule has 2 rings (SSSR count). The molecule has 4 atom stereocenters. The van der Waals surface area contributed by atoms with Gasteiger partial charge in [0.2, 0.25) is 5.91 Å². The summed E-state index contributed by atoms with van der Waals surface area (Å²) in [4.78, 5) is 27.0. The van der Waals surface area contributed by atoms with Crippen molar-refractivity contribution in [2.24, 2.45) is 11.8 Å². The molecule has 0 saturated carbocycles. The first-order chi connectivity index (χ1) is 10.7. The van der Waals surface area contributed by atoms with Crippen molar-refractivity contribution >= 4 is 40.2 Å². The minimum Gasteiger partial charge on any atom is -0.543 e. The molecule has 0 aromatic carbocycles. The number of rotatable bonds is 5. The summed E-state index contributed by atoms with van der Waals surface area (Å²) in [6.45, 7) is 3.59. The average molecular weight is 382 g/mol. The van der Waals surface area contributed by atoms with Gasteiger partial charge < -0.3 is 29.9 Å². The molecule has 10 heteroatoms. The van der Waals surface area contributed by atoms with Gasteiger partial charge in [0, 0.05) is 24.4 Å². The molecule has 2 aliphatic rings. The van der Waals surface area contributed by atoms with Gasteiger partial charge in [-0.25, -0.2) is 0 Å². The predicted molar refractivity (Wildman–Crippen MR) is 86.9 cm³/mol. The number of hydrogen-bond donors (Lipinski definition) is 2. The molecule has 2 heterocycles. The van der Waals surface area contributed by atoms with E-state index in [1.54, 1.807) is 11.9 Å². The molecule has 0 aliphatic carbocycles. The second-order valence-electron chi connectivity index (χ2n) is 5.77. The SMILES string of the molecule is C[C@@H](O)[C@H]1C(=O)N2C(C(=O)[O-])=C(SC(=S)N(C)CCO)[C@H](C)[C@H]12.[Na+]. The molecular weight excluding hydrogens is 363 g/mol. The maximum Gasteiger partial charge on any atom is 1.00 e. The maximum atomic E-state index is 12.2. The number of likely N-dealkylation sites (N-methyl/N-ethyl adjacent to an activating group) is 1. The minimum absolute atomic E-state index is 0. The molecule has 2 N–H and O–H groups in total. The van der Waals surface area contributed by atoms with E-state index in [4.69, 9.17) is 17.3 Å². The van der Waals surface area contributed by atoms with Gasteiger partial charge in [0.25, 0.3) is 0 Å². The van der Waals surface area contributed by atoms with E-state index in [1.165, 1.54) is 11.8 Å². The fraction of sp³-hybridized carbons (Fsp3) is 0.643. The van der Waals surface area contributed by atoms with E-state index in [2.05, 4.69) is 0 Å². The largest absolute Gasteiger partial charge is 1.00 e. The Kier molecular flexibility index (Phi) is 7.73. The van der Waals surface area contributed by atoms with Gasteiger partial charge in [0.15, 0.2) is 0 Å². The molecule has 1 saturated heterocycles. The standard InChI is InChI=1S/C14H20N2O5S2.Na/c1-6-9-8(7(2)18)12(19)16(9)10(13(20)21)11(6)23-14(22)15(3)4-5-17;/h6-9,17-18H,4-5H2,1-3H3,(H,20,21);/q;+1/p-1/t6-,7-,8-,9-;/m1./s1. The fourth-order valence-corrected chi connectivity index (χ4v) is 4.46. The van der Waals surface area contributed by atoms with E-state index in [9.17, 15) is 19.8 Å². The Morgan fingerprint density at radius 3 is 2.58 bits per heavy atom. The summed E-state index contributed by atoms with van der Waals surface area (Å²) >= 11 is 6.35. The number of carbonyl (C=O) groups is 2. The molecule has 0 unspecified atom stereocenters. The van der Waals surface area contributed by atoms with Crippen molar-refractivity contribution < 1.29 is 54.5 Å². The predicted octanol–water partition coefficient (Wildman–Crippen LogP) is -4.25. The van der Waals surface area contributed by atoms with Crippen molar-refractivity contribution in [1.82, 2.24) is 9.80 Å². The van der Waals surface area contributed by atoms with Crippen LogP contribution in [0.15, 0.2) is 10.6 Å². The number of aliphatic hydroxyl groups is 2. The number of hydrogen-bond acceptors (Lipinski definition) is 7. The van der Waals surface area contributed by atoms with Crippen molar-refractivity contribution in [3.05, 3.63) is 10.6 Å². The zero-order valence-electron chi connectivity index (χ0n) is 14.1. The summed E-state index contributed by atoms with van der Waals surface area (Å²) in [7, 11) is 1.70. The number of thiocarbonyl (C=S) groups is 1. The van der Waals surface area contributed by atoms with Crippen LogP contribution in [0.5, 0.6) is 0 Å². The molecular formula is C14H19N2NaO5S2. The van der Waals surface area contributed by atoms with E-state index in [1.807, 2.05) is 6.92 Å². The number of carboxylic acids is 1. The van der Waals surface area contributed by atoms with Crippen LogP contribution in [0, 0.1) is 11.8 Å². The monoisotopic (exact) mass is 382 g/mol. The summed E-state index contributed by atoms with van der Waals surface area (Å²) in [5.41, 5.74) is -0.158. The first-order valence-corrected chi connectivity index (χ1v) is 8.45. The number of carbonyl (C=O) groups excluding carboxylic acids is 2. The van der Waals surface area contributed by atoms with Crippen LogP contribution < -0.4 is 34.7 Å². The van der Waals surface area contributed by atoms with Gasteiger partial charge in [-0.05, 0) is 6.92 Å². The van der Waals surface area contributed by atoms with Crippen LogP contribution in [-0.2, 0) is 9.59 Å². The van der Waals surface area contributed by atoms with Crippen LogP contribution in [0.4, 0.5) is 0 Å². The van der Waals surface area contributed by atoms with Crippen LogP contribution in [0.25, 0.3) is 0 Å². The first kappa shape index (κ1) is 21.9. The minimum atomic E-state index is -1.42. The molecule has 0 radical (unpaired) electrons. The Morgan fingerprint density at radius 2 is 2.12 bits per heavy atom. The Morgan fingerprint density at radius 1 is 1.54 bits per heavy atom. The Balaban J connectivity index is 0.00000288. The van der Waals surface area contributed by atoms with Gasteiger partial charge >= 0.3 is 29.6 Å². The summed E-state index contributed by atoms with van der Waals surface area (Å²) in [5.74, 6) is -2.69. The molecule has 1 amide bonds. The number of nitrogens with zero attached hydrogens (tertiary/aromatic N) is 2. The molecule has 0 aromatic rings. The molecule has 1 fully saturated rings. The number of amides is 1. The van der Waals surface area contributed by atoms with E-state index in [0.29, 0.717) is 15.8 Å². The van der Waals surface area contributed by atoms with E-state index in [-0.39, 0.29) is 53.8 Å². The Labute approximate surface area is 172 Å². The number of β-lactam (4-membered cyclic amide) rings is 1. The Bertz CT molecular complexity index is 584. The van der Waals surface area contributed by atoms with Gasteiger partial charge in [0.1, 0.15) is 4.32 Å². The van der Waals surface area contributed by atoms with Crippen molar-refractivity contribution in [3.8, 4) is 0 Å². The van der Waals surface area contributed by atoms with E-state index in [0.717, 1.165) is 11.8 Å². The molecule has 0 spiro atoms. The number of fused-ring (bicyclic) bond motifs is 1. The zero-order chi connectivity index (χ0) is 17.5. The summed E-state index contributed by atoms with van der Waals surface area (Å²) in [5, 5.41) is 30.2. The van der Waals surface area contributed by atoms with Gasteiger partial charge in [-0.3, -0.25) is 4.79 Å². The van der Waals surface area contributed by atoms with Crippen molar-refractivity contribution in [2.75, 3.05) is 20.2 Å². The van der Waals surface area contributed by atoms with Crippen molar-refractivity contribution in [3.63, 3.8) is 0 Å². The number of aliphatic hydroxyl groups excluding tert-OH is 2. The van der Waals surface area contributed by atoms with Gasteiger partial charge in [0.05, 0.1) is 36.3 Å². The third kappa shape index (κ3) is 3.67. The average Bonchev–Trinajstić information content (AvgIpc) is 2.69. The third-order valence-electron chi connectivity index (χ3n) is 4.25. The van der Waals surface area contributed by atoms with E-state index >= 15 is 0 Å². The number of aliphatic carboxylic acids is 1. The quantitative estimate of drug-likeness (QED) is 0.280. The smallest absolute Gasteiger partial charge is 0.543 e.